The topological polar surface area (TPSA) is 51.7 Å². The number of hydrogen-bond donors (Lipinski definition) is 0. The van der Waals surface area contributed by atoms with Gasteiger partial charge in [0.15, 0.2) is 0 Å². The Morgan fingerprint density at radius 1 is 0.968 bits per heavy atom. The molecule has 2 aliphatic heterocycles. The van der Waals surface area contributed by atoms with Gasteiger partial charge in [-0.2, -0.15) is 0 Å². The molecule has 0 radical (unpaired) electrons. The summed E-state index contributed by atoms with van der Waals surface area (Å²) >= 11 is 0. The normalized spacial score (nSPS) is 19.3. The van der Waals surface area contributed by atoms with Crippen molar-refractivity contribution in [1.82, 2.24) is 9.88 Å². The third-order valence-electron chi connectivity index (χ3n) is 6.70. The second-order valence-corrected chi connectivity index (χ2v) is 8.50. The predicted octanol–water partition coefficient (Wildman–Crippen LogP) is 4.35. The van der Waals surface area contributed by atoms with Gasteiger partial charge >= 0.3 is 0 Å². The van der Waals surface area contributed by atoms with Gasteiger partial charge in [-0.15, -0.1) is 0 Å². The maximum atomic E-state index is 13.7. The van der Waals surface area contributed by atoms with Gasteiger partial charge in [-0.1, -0.05) is 48.5 Å². The van der Waals surface area contributed by atoms with E-state index in [0.29, 0.717) is 13.2 Å². The number of pyridine rings is 1. The Bertz CT molecular complexity index is 1030. The Morgan fingerprint density at radius 3 is 2.48 bits per heavy atom. The minimum atomic E-state index is -0.466. The molecule has 0 bridgehead atoms. The number of rotatable bonds is 4. The highest BCUT2D eigenvalue weighted by atomic mass is 16.5. The van der Waals surface area contributed by atoms with Crippen molar-refractivity contribution in [2.24, 2.45) is 0 Å². The molecule has 5 rings (SSSR count). The number of nitrogens with zero attached hydrogens (tertiary/aromatic N) is 2. The van der Waals surface area contributed by atoms with Crippen molar-refractivity contribution in [1.29, 1.82) is 0 Å². The van der Waals surface area contributed by atoms with E-state index in [-0.39, 0.29) is 12.0 Å². The first kappa shape index (κ1) is 20.0. The maximum absolute atomic E-state index is 13.7. The molecule has 5 heteroatoms. The zero-order chi connectivity index (χ0) is 21.1. The van der Waals surface area contributed by atoms with Crippen LogP contribution in [0.3, 0.4) is 0 Å². The number of ether oxygens (including phenoxy) is 2. The zero-order valence-corrected chi connectivity index (χ0v) is 17.7. The highest BCUT2D eigenvalue weighted by Crippen LogP contribution is 2.37. The fraction of sp³-hybridized carbons (Fsp3) is 0.385. The van der Waals surface area contributed by atoms with Crippen molar-refractivity contribution in [3.8, 4) is 5.75 Å². The predicted molar refractivity (Wildman–Crippen MR) is 120 cm³/mol. The Balaban J connectivity index is 1.29. The second-order valence-electron chi connectivity index (χ2n) is 8.50. The van der Waals surface area contributed by atoms with E-state index in [4.69, 9.17) is 9.47 Å². The molecule has 0 N–H and O–H groups in total. The smallest absolute Gasteiger partial charge is 0.233 e. The number of hydrogen-bond acceptors (Lipinski definition) is 4. The van der Waals surface area contributed by atoms with Gasteiger partial charge in [-0.05, 0) is 30.5 Å². The quantitative estimate of drug-likeness (QED) is 0.634. The van der Waals surface area contributed by atoms with Crippen molar-refractivity contribution < 1.29 is 14.3 Å². The molecule has 0 aliphatic carbocycles. The molecule has 3 heterocycles. The molecule has 0 atom stereocenters. The summed E-state index contributed by atoms with van der Waals surface area (Å²) in [6, 6.07) is 20.3. The highest BCUT2D eigenvalue weighted by Gasteiger charge is 2.44. The Labute approximate surface area is 183 Å². The minimum Gasteiger partial charge on any atom is -0.488 e. The molecule has 2 saturated heterocycles. The fourth-order valence-electron chi connectivity index (χ4n) is 4.93. The number of aromatic nitrogens is 1. The molecule has 2 aromatic carbocycles. The van der Waals surface area contributed by atoms with Gasteiger partial charge in [0, 0.05) is 50.7 Å². The zero-order valence-electron chi connectivity index (χ0n) is 17.7. The molecule has 1 aromatic heterocycles. The van der Waals surface area contributed by atoms with E-state index in [0.717, 1.165) is 61.0 Å². The van der Waals surface area contributed by atoms with Crippen molar-refractivity contribution >= 4 is 16.8 Å². The van der Waals surface area contributed by atoms with Crippen LogP contribution in [-0.4, -0.2) is 48.2 Å². The average Bonchev–Trinajstić information content (AvgIpc) is 2.85. The third kappa shape index (κ3) is 3.90. The van der Waals surface area contributed by atoms with Gasteiger partial charge < -0.3 is 14.4 Å². The number of amides is 1. The molecular weight excluding hydrogens is 388 g/mol. The number of likely N-dealkylation sites (tertiary alicyclic amines) is 1. The van der Waals surface area contributed by atoms with Crippen molar-refractivity contribution in [2.45, 2.75) is 37.2 Å². The largest absolute Gasteiger partial charge is 0.488 e. The summed E-state index contributed by atoms with van der Waals surface area (Å²) < 4.78 is 11.9. The molecule has 0 saturated carbocycles. The summed E-state index contributed by atoms with van der Waals surface area (Å²) in [4.78, 5) is 20.3. The van der Waals surface area contributed by atoms with E-state index in [1.807, 2.05) is 53.4 Å². The van der Waals surface area contributed by atoms with Crippen LogP contribution in [0.25, 0.3) is 10.9 Å². The van der Waals surface area contributed by atoms with E-state index in [1.165, 1.54) is 0 Å². The Kier molecular flexibility index (Phi) is 5.60. The molecular formula is C26H28N2O3. The molecule has 5 nitrogen and oxygen atoms in total. The van der Waals surface area contributed by atoms with E-state index >= 15 is 0 Å². The van der Waals surface area contributed by atoms with Crippen LogP contribution in [0, 0.1) is 0 Å². The van der Waals surface area contributed by atoms with Crippen molar-refractivity contribution in [2.75, 3.05) is 26.3 Å². The van der Waals surface area contributed by atoms with Crippen LogP contribution in [0.1, 0.15) is 31.2 Å². The lowest BCUT2D eigenvalue weighted by Crippen LogP contribution is -2.53. The summed E-state index contributed by atoms with van der Waals surface area (Å²) in [7, 11) is 0. The summed E-state index contributed by atoms with van der Waals surface area (Å²) in [6.45, 7) is 2.71. The van der Waals surface area contributed by atoms with Crippen LogP contribution in [-0.2, 0) is 14.9 Å². The lowest BCUT2D eigenvalue weighted by molar-refractivity contribution is -0.143. The fourth-order valence-corrected chi connectivity index (χ4v) is 4.93. The molecule has 0 spiro atoms. The lowest BCUT2D eigenvalue weighted by Gasteiger charge is -2.42. The lowest BCUT2D eigenvalue weighted by atomic mass is 9.72. The molecule has 2 aliphatic rings. The second kappa shape index (κ2) is 8.67. The van der Waals surface area contributed by atoms with Crippen LogP contribution < -0.4 is 4.74 Å². The highest BCUT2D eigenvalue weighted by molar-refractivity contribution is 5.88. The van der Waals surface area contributed by atoms with Gasteiger partial charge in [0.2, 0.25) is 5.91 Å². The van der Waals surface area contributed by atoms with Gasteiger partial charge in [-0.3, -0.25) is 9.78 Å². The van der Waals surface area contributed by atoms with Gasteiger partial charge in [0.25, 0.3) is 0 Å². The summed E-state index contributed by atoms with van der Waals surface area (Å²) in [5, 5.41) is 1.08. The number of para-hydroxylation sites is 1. The van der Waals surface area contributed by atoms with Crippen LogP contribution in [0.5, 0.6) is 5.75 Å². The summed E-state index contributed by atoms with van der Waals surface area (Å²) in [6.07, 6.45) is 5.04. The Hall–Kier alpha value is -2.92. The SMILES string of the molecule is O=C(N1CCC(Oc2cccc3cccnc23)CC1)C1(c2ccccc2)CCOCC1. The minimum absolute atomic E-state index is 0.0963. The standard InChI is InChI=1S/C26H28N2O3/c29-25(26(13-18-30-19-14-26)21-8-2-1-3-9-21)28-16-11-22(12-17-28)31-23-10-4-6-20-7-5-15-27-24(20)23/h1-10,15,22H,11-14,16-19H2. The molecule has 2 fully saturated rings. The first-order valence-corrected chi connectivity index (χ1v) is 11.2. The molecule has 31 heavy (non-hydrogen) atoms. The molecule has 0 unspecified atom stereocenters. The molecule has 160 valence electrons. The average molecular weight is 417 g/mol. The van der Waals surface area contributed by atoms with Crippen LogP contribution >= 0.6 is 0 Å². The maximum Gasteiger partial charge on any atom is 0.233 e. The third-order valence-corrected chi connectivity index (χ3v) is 6.70. The van der Waals surface area contributed by atoms with Gasteiger partial charge in [0.05, 0.1) is 5.41 Å². The van der Waals surface area contributed by atoms with Gasteiger partial charge in [0.1, 0.15) is 17.4 Å². The van der Waals surface area contributed by atoms with Crippen molar-refractivity contribution in [3.05, 3.63) is 72.4 Å². The monoisotopic (exact) mass is 416 g/mol. The number of benzene rings is 2. The summed E-state index contributed by atoms with van der Waals surface area (Å²) in [5.74, 6) is 1.07. The number of carbonyl (C=O) groups excluding carboxylic acids is 1. The van der Waals surface area contributed by atoms with E-state index in [9.17, 15) is 4.79 Å². The Morgan fingerprint density at radius 2 is 1.71 bits per heavy atom. The van der Waals surface area contributed by atoms with E-state index in [2.05, 4.69) is 17.1 Å². The number of fused-ring (bicyclic) bond motifs is 1. The summed E-state index contributed by atoms with van der Waals surface area (Å²) in [5.41, 5.74) is 1.55. The number of piperidine rings is 1. The van der Waals surface area contributed by atoms with Crippen molar-refractivity contribution in [3.63, 3.8) is 0 Å². The van der Waals surface area contributed by atoms with E-state index in [1.54, 1.807) is 6.20 Å². The first-order valence-electron chi connectivity index (χ1n) is 11.2. The number of carbonyl (C=O) groups is 1. The molecule has 1 amide bonds. The molecule has 3 aromatic rings. The van der Waals surface area contributed by atoms with Gasteiger partial charge in [-0.25, -0.2) is 0 Å². The first-order chi connectivity index (χ1) is 15.3. The van der Waals surface area contributed by atoms with Crippen LogP contribution in [0.2, 0.25) is 0 Å². The van der Waals surface area contributed by atoms with Crippen LogP contribution in [0.4, 0.5) is 0 Å². The van der Waals surface area contributed by atoms with E-state index < -0.39 is 5.41 Å². The van der Waals surface area contributed by atoms with Crippen LogP contribution in [0.15, 0.2) is 66.9 Å².